The third-order valence-corrected chi connectivity index (χ3v) is 3.89. The molecule has 0 radical (unpaired) electrons. The molecule has 0 amide bonds. The molecule has 22 heavy (non-hydrogen) atoms. The molecular formula is C14H6Cl3F3N2. The summed E-state index contributed by atoms with van der Waals surface area (Å²) in [6.45, 7) is 0. The van der Waals surface area contributed by atoms with E-state index in [4.69, 9.17) is 40.1 Å². The van der Waals surface area contributed by atoms with Crippen LogP contribution in [0.2, 0.25) is 15.1 Å². The molecule has 0 bridgehead atoms. The number of hydrogen-bond donors (Lipinski definition) is 0. The van der Waals surface area contributed by atoms with Gasteiger partial charge in [-0.1, -0.05) is 34.8 Å². The van der Waals surface area contributed by atoms with E-state index in [1.807, 2.05) is 6.07 Å². The second-order valence-corrected chi connectivity index (χ2v) is 5.49. The molecule has 0 aliphatic carbocycles. The molecule has 0 saturated heterocycles. The minimum absolute atomic E-state index is 0.00732. The van der Waals surface area contributed by atoms with Gasteiger partial charge in [0.25, 0.3) is 0 Å². The number of pyridine rings is 1. The largest absolute Gasteiger partial charge is 0.433 e. The van der Waals surface area contributed by atoms with Gasteiger partial charge in [-0.05, 0) is 23.8 Å². The standard InChI is InChI=1S/C14H6Cl3F3N2/c15-9-6-11(17)10(16)5-8(9)12-7(1-3-21)2-4-22-13(12)14(18,19)20/h2,4-6H,1H2. The smallest absolute Gasteiger partial charge is 0.251 e. The molecule has 2 nitrogen and oxygen atoms in total. The van der Waals surface area contributed by atoms with Crippen LogP contribution in [0.3, 0.4) is 0 Å². The molecule has 1 aromatic carbocycles. The molecule has 0 spiro atoms. The van der Waals surface area contributed by atoms with E-state index in [0.29, 0.717) is 0 Å². The fourth-order valence-electron chi connectivity index (χ4n) is 1.96. The van der Waals surface area contributed by atoms with E-state index in [2.05, 4.69) is 4.98 Å². The van der Waals surface area contributed by atoms with Gasteiger partial charge in [-0.15, -0.1) is 0 Å². The molecule has 0 N–H and O–H groups in total. The number of benzene rings is 1. The maximum absolute atomic E-state index is 13.2. The summed E-state index contributed by atoms with van der Waals surface area (Å²) in [6, 6.07) is 5.65. The summed E-state index contributed by atoms with van der Waals surface area (Å²) in [4.78, 5) is 3.39. The molecule has 0 saturated carbocycles. The highest BCUT2D eigenvalue weighted by Gasteiger charge is 2.37. The highest BCUT2D eigenvalue weighted by atomic mass is 35.5. The molecule has 114 valence electrons. The Kier molecular flexibility index (Phi) is 4.86. The molecule has 0 fully saturated rings. The van der Waals surface area contributed by atoms with Crippen molar-refractivity contribution in [1.82, 2.24) is 4.98 Å². The second-order valence-electron chi connectivity index (χ2n) is 4.27. The van der Waals surface area contributed by atoms with Gasteiger partial charge < -0.3 is 0 Å². The van der Waals surface area contributed by atoms with Gasteiger partial charge in [-0.2, -0.15) is 18.4 Å². The van der Waals surface area contributed by atoms with Crippen molar-refractivity contribution in [2.24, 2.45) is 0 Å². The summed E-state index contributed by atoms with van der Waals surface area (Å²) in [5.74, 6) is 0. The first kappa shape index (κ1) is 16.9. The highest BCUT2D eigenvalue weighted by molar-refractivity contribution is 6.44. The molecule has 2 aromatic rings. The first-order valence-electron chi connectivity index (χ1n) is 5.82. The molecule has 0 atom stereocenters. The van der Waals surface area contributed by atoms with Gasteiger partial charge in [-0.3, -0.25) is 4.98 Å². The Labute approximate surface area is 139 Å². The van der Waals surface area contributed by atoms with Crippen molar-refractivity contribution in [3.05, 3.63) is 50.7 Å². The maximum Gasteiger partial charge on any atom is 0.433 e. The molecule has 0 aliphatic rings. The van der Waals surface area contributed by atoms with Crippen LogP contribution in [0, 0.1) is 11.3 Å². The average molecular weight is 366 g/mol. The lowest BCUT2D eigenvalue weighted by atomic mass is 9.96. The van der Waals surface area contributed by atoms with E-state index >= 15 is 0 Å². The Hall–Kier alpha value is -1.48. The minimum Gasteiger partial charge on any atom is -0.251 e. The van der Waals surface area contributed by atoms with Crippen LogP contribution in [-0.2, 0) is 12.6 Å². The number of rotatable bonds is 2. The zero-order chi connectivity index (χ0) is 16.5. The minimum atomic E-state index is -4.70. The number of aromatic nitrogens is 1. The zero-order valence-electron chi connectivity index (χ0n) is 10.7. The van der Waals surface area contributed by atoms with Gasteiger partial charge in [0.2, 0.25) is 0 Å². The van der Waals surface area contributed by atoms with Gasteiger partial charge in [0.05, 0.1) is 27.6 Å². The van der Waals surface area contributed by atoms with E-state index in [0.717, 1.165) is 6.20 Å². The Morgan fingerprint density at radius 1 is 1.09 bits per heavy atom. The number of halogens is 6. The lowest BCUT2D eigenvalue weighted by Crippen LogP contribution is -2.12. The highest BCUT2D eigenvalue weighted by Crippen LogP contribution is 2.42. The van der Waals surface area contributed by atoms with Crippen molar-refractivity contribution in [3.8, 4) is 17.2 Å². The predicted octanol–water partition coefficient (Wildman–Crippen LogP) is 5.79. The Morgan fingerprint density at radius 2 is 1.73 bits per heavy atom. The van der Waals surface area contributed by atoms with E-state index in [1.165, 1.54) is 18.2 Å². The van der Waals surface area contributed by atoms with Crippen LogP contribution in [-0.4, -0.2) is 4.98 Å². The quantitative estimate of drug-likeness (QED) is 0.631. The second kappa shape index (κ2) is 6.33. The summed E-state index contributed by atoms with van der Waals surface area (Å²) in [5, 5.41) is 8.99. The van der Waals surface area contributed by atoms with Gasteiger partial charge >= 0.3 is 6.18 Å². The fraction of sp³-hybridized carbons (Fsp3) is 0.143. The number of nitrogens with zero attached hydrogens (tertiary/aromatic N) is 2. The molecular weight excluding hydrogens is 360 g/mol. The molecule has 1 aromatic heterocycles. The summed E-state index contributed by atoms with van der Waals surface area (Å²) in [5.41, 5.74) is -1.20. The zero-order valence-corrected chi connectivity index (χ0v) is 12.9. The summed E-state index contributed by atoms with van der Waals surface area (Å²) < 4.78 is 39.7. The van der Waals surface area contributed by atoms with Crippen LogP contribution < -0.4 is 0 Å². The van der Waals surface area contributed by atoms with Crippen molar-refractivity contribution >= 4 is 34.8 Å². The number of alkyl halides is 3. The van der Waals surface area contributed by atoms with Crippen molar-refractivity contribution in [1.29, 1.82) is 5.26 Å². The Morgan fingerprint density at radius 3 is 2.32 bits per heavy atom. The van der Waals surface area contributed by atoms with Crippen LogP contribution in [0.25, 0.3) is 11.1 Å². The van der Waals surface area contributed by atoms with Gasteiger partial charge in [-0.25, -0.2) is 0 Å². The van der Waals surface area contributed by atoms with Crippen molar-refractivity contribution in [2.75, 3.05) is 0 Å². The van der Waals surface area contributed by atoms with Crippen LogP contribution in [0.5, 0.6) is 0 Å². The topological polar surface area (TPSA) is 36.7 Å². The monoisotopic (exact) mass is 364 g/mol. The molecule has 2 rings (SSSR count). The van der Waals surface area contributed by atoms with E-state index in [1.54, 1.807) is 0 Å². The molecule has 8 heteroatoms. The molecule has 0 aliphatic heterocycles. The summed E-state index contributed by atoms with van der Waals surface area (Å²) in [6.07, 6.45) is -3.92. The Bertz CT molecular complexity index is 767. The first-order chi connectivity index (χ1) is 10.3. The fourth-order valence-corrected chi connectivity index (χ4v) is 2.61. The summed E-state index contributed by atoms with van der Waals surface area (Å²) >= 11 is 17.7. The summed E-state index contributed by atoms with van der Waals surface area (Å²) in [7, 11) is 0. The van der Waals surface area contributed by atoms with Gasteiger partial charge in [0.1, 0.15) is 0 Å². The van der Waals surface area contributed by atoms with E-state index in [-0.39, 0.29) is 38.2 Å². The predicted molar refractivity (Wildman–Crippen MR) is 79.0 cm³/mol. The van der Waals surface area contributed by atoms with E-state index in [9.17, 15) is 13.2 Å². The van der Waals surface area contributed by atoms with Crippen LogP contribution in [0.15, 0.2) is 24.4 Å². The lowest BCUT2D eigenvalue weighted by Gasteiger charge is -2.16. The van der Waals surface area contributed by atoms with Gasteiger partial charge in [0, 0.05) is 17.3 Å². The van der Waals surface area contributed by atoms with Crippen LogP contribution in [0.4, 0.5) is 13.2 Å². The number of hydrogen-bond acceptors (Lipinski definition) is 2. The molecule has 1 heterocycles. The third kappa shape index (κ3) is 3.30. The number of nitriles is 1. The first-order valence-corrected chi connectivity index (χ1v) is 6.96. The SMILES string of the molecule is N#CCc1ccnc(C(F)(F)F)c1-c1cc(Cl)c(Cl)cc1Cl. The van der Waals surface area contributed by atoms with Crippen LogP contribution >= 0.6 is 34.8 Å². The Balaban J connectivity index is 2.83. The molecule has 0 unspecified atom stereocenters. The average Bonchev–Trinajstić information content (AvgIpc) is 2.42. The van der Waals surface area contributed by atoms with Crippen LogP contribution in [0.1, 0.15) is 11.3 Å². The normalized spacial score (nSPS) is 11.3. The lowest BCUT2D eigenvalue weighted by molar-refractivity contribution is -0.140. The van der Waals surface area contributed by atoms with Crippen molar-refractivity contribution in [3.63, 3.8) is 0 Å². The maximum atomic E-state index is 13.2. The third-order valence-electron chi connectivity index (χ3n) is 2.85. The van der Waals surface area contributed by atoms with Gasteiger partial charge in [0.15, 0.2) is 5.69 Å². The van der Waals surface area contributed by atoms with E-state index < -0.39 is 11.9 Å². The van der Waals surface area contributed by atoms with Crippen molar-refractivity contribution in [2.45, 2.75) is 12.6 Å². The van der Waals surface area contributed by atoms with Crippen molar-refractivity contribution < 1.29 is 13.2 Å².